The lowest BCUT2D eigenvalue weighted by atomic mass is 9.99. The van der Waals surface area contributed by atoms with E-state index in [1.807, 2.05) is 80.0 Å². The number of carbonyl (C=O) groups is 1. The van der Waals surface area contributed by atoms with Gasteiger partial charge in [0.15, 0.2) is 0 Å². The third-order valence-electron chi connectivity index (χ3n) is 8.00. The molecular formula is C32H36FN7O2. The number of amides is 1. The molecule has 10 heteroatoms. The maximum atomic E-state index is 14.7. The molecule has 1 aliphatic heterocycles. The molecule has 1 amide bonds. The van der Waals surface area contributed by atoms with Crippen LogP contribution in [0.2, 0.25) is 0 Å². The zero-order valence-electron chi connectivity index (χ0n) is 25.4. The average molecular weight is 570 g/mol. The lowest BCUT2D eigenvalue weighted by Crippen LogP contribution is -2.42. The third-order valence-corrected chi connectivity index (χ3v) is 8.00. The van der Waals surface area contributed by atoms with E-state index in [9.17, 15) is 9.18 Å². The number of rotatable bonds is 3. The first-order chi connectivity index (χ1) is 19.8. The molecule has 3 aromatic heterocycles. The summed E-state index contributed by atoms with van der Waals surface area (Å²) in [4.78, 5) is 19.9. The normalized spacial score (nSPS) is 15.4. The van der Waals surface area contributed by atoms with Crippen LogP contribution in [-0.4, -0.2) is 52.3 Å². The summed E-state index contributed by atoms with van der Waals surface area (Å²) in [5.41, 5.74) is 6.80. The predicted octanol–water partition coefficient (Wildman–Crippen LogP) is 6.53. The average Bonchev–Trinajstić information content (AvgIpc) is 3.60. The van der Waals surface area contributed by atoms with E-state index in [-0.39, 0.29) is 18.0 Å². The SMILES string of the molecule is Cc1cc(-n2nc3c(c2-n2cnc(-c4ccc5c(cnn5C)c4)c2C)[C@H](C)N(C(=O)OC(C)(C)C)CC3)cc(C)c1F. The van der Waals surface area contributed by atoms with Gasteiger partial charge in [-0.1, -0.05) is 6.07 Å². The molecule has 2 aromatic carbocycles. The molecule has 1 aliphatic rings. The maximum Gasteiger partial charge on any atom is 0.410 e. The van der Waals surface area contributed by atoms with Gasteiger partial charge in [-0.3, -0.25) is 9.25 Å². The summed E-state index contributed by atoms with van der Waals surface area (Å²) in [5.74, 6) is 0.545. The second-order valence-electron chi connectivity index (χ2n) is 12.2. The van der Waals surface area contributed by atoms with Crippen LogP contribution in [0.4, 0.5) is 9.18 Å². The molecular weight excluding hydrogens is 533 g/mol. The van der Waals surface area contributed by atoms with E-state index in [0.29, 0.717) is 24.1 Å². The quantitative estimate of drug-likeness (QED) is 0.247. The fourth-order valence-electron chi connectivity index (χ4n) is 5.90. The molecule has 0 saturated carbocycles. The van der Waals surface area contributed by atoms with Crippen molar-refractivity contribution in [3.8, 4) is 22.8 Å². The van der Waals surface area contributed by atoms with Gasteiger partial charge >= 0.3 is 6.09 Å². The first kappa shape index (κ1) is 27.7. The first-order valence-corrected chi connectivity index (χ1v) is 14.2. The Bertz CT molecular complexity index is 1830. The molecule has 218 valence electrons. The summed E-state index contributed by atoms with van der Waals surface area (Å²) in [7, 11) is 1.92. The molecule has 0 fully saturated rings. The Morgan fingerprint density at radius 3 is 2.50 bits per heavy atom. The third kappa shape index (κ3) is 4.55. The summed E-state index contributed by atoms with van der Waals surface area (Å²) >= 11 is 0. The van der Waals surface area contributed by atoms with Crippen molar-refractivity contribution >= 4 is 17.0 Å². The standard InChI is InChI=1S/C32H36FN7O2/c1-18-13-24(14-19(2)28(18)33)40-30(27-20(3)38(12-11-25(27)36-40)31(41)42-32(5,6)7)39-17-34-29(21(39)4)22-9-10-26-23(15-22)16-35-37(26)8/h9-10,13-17,20H,11-12H2,1-8H3/t20-/m0/s1. The molecule has 0 bridgehead atoms. The molecule has 9 nitrogen and oxygen atoms in total. The van der Waals surface area contributed by atoms with Crippen molar-refractivity contribution in [1.82, 2.24) is 34.0 Å². The predicted molar refractivity (Wildman–Crippen MR) is 160 cm³/mol. The summed E-state index contributed by atoms with van der Waals surface area (Å²) in [6.45, 7) is 13.6. The van der Waals surface area contributed by atoms with Crippen LogP contribution in [0.25, 0.3) is 33.7 Å². The number of carbonyl (C=O) groups excluding carboxylic acids is 1. The Labute approximate surface area is 244 Å². The van der Waals surface area contributed by atoms with E-state index in [4.69, 9.17) is 14.8 Å². The van der Waals surface area contributed by atoms with Gasteiger partial charge in [0.1, 0.15) is 23.6 Å². The van der Waals surface area contributed by atoms with Crippen LogP contribution in [-0.2, 0) is 18.2 Å². The number of halogens is 1. The minimum Gasteiger partial charge on any atom is -0.444 e. The second kappa shape index (κ2) is 9.82. The van der Waals surface area contributed by atoms with E-state index in [1.54, 1.807) is 25.1 Å². The van der Waals surface area contributed by atoms with Crippen molar-refractivity contribution < 1.29 is 13.9 Å². The Morgan fingerprint density at radius 1 is 1.10 bits per heavy atom. The van der Waals surface area contributed by atoms with Crippen molar-refractivity contribution in [3.63, 3.8) is 0 Å². The first-order valence-electron chi connectivity index (χ1n) is 14.2. The fourth-order valence-corrected chi connectivity index (χ4v) is 5.90. The van der Waals surface area contributed by atoms with Crippen LogP contribution in [0.3, 0.4) is 0 Å². The van der Waals surface area contributed by atoms with Crippen LogP contribution in [0, 0.1) is 26.6 Å². The van der Waals surface area contributed by atoms with Gasteiger partial charge in [-0.15, -0.1) is 0 Å². The highest BCUT2D eigenvalue weighted by molar-refractivity contribution is 5.84. The summed E-state index contributed by atoms with van der Waals surface area (Å²) < 4.78 is 26.2. The molecule has 0 radical (unpaired) electrons. The van der Waals surface area contributed by atoms with E-state index in [1.165, 1.54) is 0 Å². The number of hydrogen-bond acceptors (Lipinski definition) is 5. The highest BCUT2D eigenvalue weighted by atomic mass is 19.1. The van der Waals surface area contributed by atoms with Crippen LogP contribution in [0.1, 0.15) is 61.8 Å². The van der Waals surface area contributed by atoms with Gasteiger partial charge < -0.3 is 9.64 Å². The fraction of sp³-hybridized carbons (Fsp3) is 0.375. The molecule has 0 aliphatic carbocycles. The number of aryl methyl sites for hydroxylation is 3. The van der Waals surface area contributed by atoms with Crippen molar-refractivity contribution in [3.05, 3.63) is 76.8 Å². The number of imidazole rings is 1. The molecule has 1 atom stereocenters. The number of aromatic nitrogens is 6. The Balaban J connectivity index is 1.53. The van der Waals surface area contributed by atoms with Gasteiger partial charge in [0, 0.05) is 42.2 Å². The van der Waals surface area contributed by atoms with Gasteiger partial charge in [0.2, 0.25) is 0 Å². The van der Waals surface area contributed by atoms with Gasteiger partial charge in [0.05, 0.1) is 34.8 Å². The molecule has 0 saturated heterocycles. The smallest absolute Gasteiger partial charge is 0.410 e. The number of hydrogen-bond donors (Lipinski definition) is 0. The van der Waals surface area contributed by atoms with Gasteiger partial charge in [-0.2, -0.15) is 10.2 Å². The zero-order chi connectivity index (χ0) is 30.1. The van der Waals surface area contributed by atoms with Gasteiger partial charge in [-0.05, 0) is 83.9 Å². The number of ether oxygens (including phenoxy) is 1. The molecule has 0 spiro atoms. The van der Waals surface area contributed by atoms with Gasteiger partial charge in [-0.25, -0.2) is 18.9 Å². The van der Waals surface area contributed by atoms with Crippen LogP contribution >= 0.6 is 0 Å². The van der Waals surface area contributed by atoms with Crippen molar-refractivity contribution in [2.75, 3.05) is 6.54 Å². The lowest BCUT2D eigenvalue weighted by Gasteiger charge is -2.35. The Morgan fingerprint density at radius 2 is 1.81 bits per heavy atom. The largest absolute Gasteiger partial charge is 0.444 e. The minimum atomic E-state index is -0.613. The van der Waals surface area contributed by atoms with Gasteiger partial charge in [0.25, 0.3) is 0 Å². The Hall–Kier alpha value is -4.47. The van der Waals surface area contributed by atoms with Crippen molar-refractivity contribution in [2.24, 2.45) is 7.05 Å². The van der Waals surface area contributed by atoms with Crippen molar-refractivity contribution in [1.29, 1.82) is 0 Å². The highest BCUT2D eigenvalue weighted by Crippen LogP contribution is 2.38. The van der Waals surface area contributed by atoms with Crippen LogP contribution in [0.15, 0.2) is 42.9 Å². The number of fused-ring (bicyclic) bond motifs is 2. The Kier molecular flexibility index (Phi) is 6.47. The monoisotopic (exact) mass is 569 g/mol. The summed E-state index contributed by atoms with van der Waals surface area (Å²) in [6, 6.07) is 9.50. The van der Waals surface area contributed by atoms with Crippen molar-refractivity contribution in [2.45, 2.75) is 66.5 Å². The van der Waals surface area contributed by atoms with E-state index in [2.05, 4.69) is 17.2 Å². The number of nitrogens with zero attached hydrogens (tertiary/aromatic N) is 7. The molecule has 6 rings (SSSR count). The highest BCUT2D eigenvalue weighted by Gasteiger charge is 2.37. The van der Waals surface area contributed by atoms with E-state index in [0.717, 1.165) is 50.6 Å². The molecule has 42 heavy (non-hydrogen) atoms. The van der Waals surface area contributed by atoms with E-state index >= 15 is 0 Å². The van der Waals surface area contributed by atoms with Crippen LogP contribution < -0.4 is 0 Å². The zero-order valence-corrected chi connectivity index (χ0v) is 25.4. The summed E-state index contributed by atoms with van der Waals surface area (Å²) in [6.07, 6.45) is 3.86. The summed E-state index contributed by atoms with van der Waals surface area (Å²) in [5, 5.41) is 10.5. The molecule has 0 N–H and O–H groups in total. The molecule has 0 unspecified atom stereocenters. The minimum absolute atomic E-state index is 0.228. The van der Waals surface area contributed by atoms with E-state index < -0.39 is 5.60 Å². The maximum absolute atomic E-state index is 14.7. The topological polar surface area (TPSA) is 83.0 Å². The second-order valence-corrected chi connectivity index (χ2v) is 12.2. The molecule has 5 aromatic rings. The lowest BCUT2D eigenvalue weighted by molar-refractivity contribution is 0.0159. The number of benzene rings is 2. The molecule has 4 heterocycles. The van der Waals surface area contributed by atoms with Crippen LogP contribution in [0.5, 0.6) is 0 Å².